The van der Waals surface area contributed by atoms with E-state index in [2.05, 4.69) is 5.14 Å². The van der Waals surface area contributed by atoms with Crippen molar-refractivity contribution in [3.63, 3.8) is 0 Å². The molecule has 0 amide bonds. The third-order valence-corrected chi connectivity index (χ3v) is 2.77. The molecule has 0 aliphatic rings. The predicted octanol–water partition coefficient (Wildman–Crippen LogP) is 2.78. The number of nitrogens with two attached hydrogens (primary N) is 1. The average Bonchev–Trinajstić information content (AvgIpc) is 2.38. The smallest absolute Gasteiger partial charge is 0.198 e. The van der Waals surface area contributed by atoms with Crippen molar-refractivity contribution >= 4 is 34.1 Å². The number of ketones is 2. The Morgan fingerprint density at radius 3 is 1.90 bits per heavy atom. The van der Waals surface area contributed by atoms with E-state index < -0.39 is 10.9 Å². The molecule has 0 saturated heterocycles. The van der Waals surface area contributed by atoms with Crippen LogP contribution >= 0.6 is 11.6 Å². The molecule has 0 radical (unpaired) electrons. The maximum Gasteiger partial charge on any atom is 0.198 e. The van der Waals surface area contributed by atoms with Gasteiger partial charge in [0.05, 0.1) is 0 Å². The van der Waals surface area contributed by atoms with Crippen LogP contribution in [0.2, 0.25) is 5.02 Å². The molecule has 0 spiro atoms. The second-order valence-corrected chi connectivity index (χ2v) is 5.33. The number of Topliss-reactive ketones (excluding diaryl/α,β-unsaturated/α-hetero) is 2. The second kappa shape index (κ2) is 10.5. The van der Waals surface area contributed by atoms with E-state index in [9.17, 15) is 9.59 Å². The average molecular weight is 334 g/mol. The Morgan fingerprint density at radius 2 is 1.48 bits per heavy atom. The number of carbonyl (C=O) groups excluding carboxylic acids is 2. The molecule has 2 N–H and O–H groups in total. The largest absolute Gasteiger partial charge is 0.294 e. The third kappa shape index (κ3) is 7.94. The molecule has 0 aliphatic carbocycles. The second-order valence-electron chi connectivity index (χ2n) is 4.32. The van der Waals surface area contributed by atoms with Crippen LogP contribution in [0.15, 0.2) is 18.2 Å². The van der Waals surface area contributed by atoms with E-state index in [1.54, 1.807) is 18.2 Å². The molecule has 0 saturated carbocycles. The quantitative estimate of drug-likeness (QED) is 0.618. The van der Waals surface area contributed by atoms with Crippen molar-refractivity contribution in [3.05, 3.63) is 34.3 Å². The molecule has 118 valence electrons. The molecular formula is C14H20ClNO4S. The maximum absolute atomic E-state index is 11.9. The van der Waals surface area contributed by atoms with E-state index in [1.807, 2.05) is 13.8 Å². The Labute approximate surface area is 131 Å². The van der Waals surface area contributed by atoms with E-state index in [1.165, 1.54) is 0 Å². The highest BCUT2D eigenvalue weighted by Gasteiger charge is 2.16. The molecule has 0 aliphatic heterocycles. The van der Waals surface area contributed by atoms with Gasteiger partial charge in [0.2, 0.25) is 0 Å². The minimum atomic E-state index is -2.62. The Hall–Kier alpha value is -1.24. The molecule has 0 bridgehead atoms. The van der Waals surface area contributed by atoms with Crippen molar-refractivity contribution in [2.45, 2.75) is 39.5 Å². The number of benzene rings is 1. The number of hydrogen-bond acceptors (Lipinski definition) is 4. The summed E-state index contributed by atoms with van der Waals surface area (Å²) in [5.74, 6) is 0.0121. The molecule has 0 fully saturated rings. The number of halogens is 1. The van der Waals surface area contributed by atoms with Gasteiger partial charge < -0.3 is 0 Å². The van der Waals surface area contributed by atoms with Gasteiger partial charge >= 0.3 is 0 Å². The molecule has 21 heavy (non-hydrogen) atoms. The van der Waals surface area contributed by atoms with Crippen molar-refractivity contribution in [3.8, 4) is 0 Å². The van der Waals surface area contributed by atoms with Gasteiger partial charge in [-0.1, -0.05) is 25.4 Å². The van der Waals surface area contributed by atoms with Crippen molar-refractivity contribution in [1.29, 1.82) is 0 Å². The highest BCUT2D eigenvalue weighted by atomic mass is 35.5. The maximum atomic E-state index is 11.9. The fourth-order valence-corrected chi connectivity index (χ4v) is 1.89. The van der Waals surface area contributed by atoms with E-state index in [0.29, 0.717) is 29.0 Å². The summed E-state index contributed by atoms with van der Waals surface area (Å²) >= 11 is 5.88. The topological polar surface area (TPSA) is 94.3 Å². The lowest BCUT2D eigenvalue weighted by atomic mass is 9.96. The summed E-state index contributed by atoms with van der Waals surface area (Å²) < 4.78 is 17.6. The molecule has 1 aromatic carbocycles. The summed E-state index contributed by atoms with van der Waals surface area (Å²) in [5.41, 5.74) is 0.979. The van der Waals surface area contributed by atoms with Gasteiger partial charge in [0.25, 0.3) is 0 Å². The van der Waals surface area contributed by atoms with E-state index in [-0.39, 0.29) is 11.6 Å². The molecule has 0 aromatic heterocycles. The van der Waals surface area contributed by atoms with Crippen LogP contribution in [0.4, 0.5) is 0 Å². The van der Waals surface area contributed by atoms with Crippen LogP contribution in [0.5, 0.6) is 0 Å². The highest BCUT2D eigenvalue weighted by molar-refractivity contribution is 7.69. The van der Waals surface area contributed by atoms with Crippen molar-refractivity contribution in [2.24, 2.45) is 5.14 Å². The monoisotopic (exact) mass is 333 g/mol. The Balaban J connectivity index is 0.000000885. The lowest BCUT2D eigenvalue weighted by molar-refractivity contribution is 0.0948. The van der Waals surface area contributed by atoms with Crippen LogP contribution in [0.3, 0.4) is 0 Å². The molecule has 1 aromatic rings. The lowest BCUT2D eigenvalue weighted by Gasteiger charge is -2.07. The zero-order chi connectivity index (χ0) is 16.4. The summed E-state index contributed by atoms with van der Waals surface area (Å²) in [7, 11) is -2.62. The molecule has 0 heterocycles. The van der Waals surface area contributed by atoms with Gasteiger partial charge in [0, 0.05) is 29.0 Å². The van der Waals surface area contributed by atoms with E-state index >= 15 is 0 Å². The van der Waals surface area contributed by atoms with Crippen LogP contribution in [0, 0.1) is 0 Å². The number of hydrogen-bond donors (Lipinski definition) is 2. The lowest BCUT2D eigenvalue weighted by Crippen LogP contribution is -2.08. The normalized spacial score (nSPS) is 9.95. The number of carbonyl (C=O) groups is 2. The zero-order valence-electron chi connectivity index (χ0n) is 12.1. The van der Waals surface area contributed by atoms with Crippen molar-refractivity contribution < 1.29 is 18.0 Å². The van der Waals surface area contributed by atoms with E-state index in [4.69, 9.17) is 20.0 Å². The Morgan fingerprint density at radius 1 is 1.05 bits per heavy atom. The van der Waals surface area contributed by atoms with Gasteiger partial charge in [0.15, 0.2) is 22.5 Å². The van der Waals surface area contributed by atoms with Crippen LogP contribution in [-0.4, -0.2) is 20.0 Å². The third-order valence-electron chi connectivity index (χ3n) is 2.54. The summed E-state index contributed by atoms with van der Waals surface area (Å²) in [6.45, 7) is 3.89. The van der Waals surface area contributed by atoms with Gasteiger partial charge in [-0.15, -0.1) is 0 Å². The van der Waals surface area contributed by atoms with Crippen LogP contribution in [0.25, 0.3) is 0 Å². The molecule has 5 nitrogen and oxygen atoms in total. The van der Waals surface area contributed by atoms with Gasteiger partial charge in [-0.3, -0.25) is 9.59 Å². The fourth-order valence-electron chi connectivity index (χ4n) is 1.71. The molecule has 0 atom stereocenters. The molecular weight excluding hydrogens is 314 g/mol. The zero-order valence-corrected chi connectivity index (χ0v) is 13.7. The standard InChI is InChI=1S/C14H17ClO2.H3NO2S/c1-3-5-13(16)11-8-7-10(15)9-12(11)14(17)6-4-2;1-4(2)3/h7-9H,3-6H2,1-2H3;4H,(H2,1,2,3). The predicted molar refractivity (Wildman–Crippen MR) is 84.4 cm³/mol. The fraction of sp³-hybridized carbons (Fsp3) is 0.429. The number of thiol groups is 1. The Bertz CT molecular complexity index is 562. The van der Waals surface area contributed by atoms with Gasteiger partial charge in [-0.2, -0.15) is 0 Å². The summed E-state index contributed by atoms with van der Waals surface area (Å²) in [4.78, 5) is 23.8. The van der Waals surface area contributed by atoms with E-state index in [0.717, 1.165) is 12.8 Å². The minimum Gasteiger partial charge on any atom is -0.294 e. The van der Waals surface area contributed by atoms with Gasteiger partial charge in [-0.05, 0) is 31.0 Å². The minimum absolute atomic E-state index is 0.00514. The SMILES string of the molecule is CCCC(=O)c1ccc(Cl)cc1C(=O)CCC.N[SH](=O)=O. The Kier molecular flexibility index (Phi) is 9.86. The van der Waals surface area contributed by atoms with Gasteiger partial charge in [0.1, 0.15) is 0 Å². The van der Waals surface area contributed by atoms with Gasteiger partial charge in [-0.25, -0.2) is 13.6 Å². The number of rotatable bonds is 6. The first kappa shape index (κ1) is 19.8. The van der Waals surface area contributed by atoms with Crippen LogP contribution < -0.4 is 5.14 Å². The summed E-state index contributed by atoms with van der Waals surface area (Å²) in [6.07, 6.45) is 2.47. The molecule has 1 rings (SSSR count). The first-order valence-electron chi connectivity index (χ1n) is 6.58. The molecule has 7 heteroatoms. The molecule has 0 unspecified atom stereocenters. The highest BCUT2D eigenvalue weighted by Crippen LogP contribution is 2.20. The van der Waals surface area contributed by atoms with Crippen molar-refractivity contribution in [2.75, 3.05) is 0 Å². The first-order valence-corrected chi connectivity index (χ1v) is 8.20. The van der Waals surface area contributed by atoms with Crippen molar-refractivity contribution in [1.82, 2.24) is 0 Å². The van der Waals surface area contributed by atoms with Crippen LogP contribution in [-0.2, 0) is 10.9 Å². The first-order chi connectivity index (χ1) is 9.83. The van der Waals surface area contributed by atoms with Crippen LogP contribution in [0.1, 0.15) is 60.2 Å². The summed E-state index contributed by atoms with van der Waals surface area (Å²) in [6, 6.07) is 4.92. The summed E-state index contributed by atoms with van der Waals surface area (Å²) in [5, 5.41) is 4.56.